The van der Waals surface area contributed by atoms with Gasteiger partial charge in [-0.3, -0.25) is 4.79 Å². The molecule has 0 aliphatic rings. The molecule has 134 valence electrons. The highest BCUT2D eigenvalue weighted by atomic mass is 16.3. The summed E-state index contributed by atoms with van der Waals surface area (Å²) in [7, 11) is 0. The first-order valence-corrected chi connectivity index (χ1v) is 8.95. The predicted octanol–water partition coefficient (Wildman–Crippen LogP) is 5.77. The summed E-state index contributed by atoms with van der Waals surface area (Å²) in [6.07, 6.45) is 3.17. The minimum atomic E-state index is -0.412. The molecule has 0 aliphatic carbocycles. The van der Waals surface area contributed by atoms with Gasteiger partial charge in [-0.15, -0.1) is 10.2 Å². The number of benzene rings is 2. The second kappa shape index (κ2) is 7.95. The molecule has 26 heavy (non-hydrogen) atoms. The molecule has 0 saturated heterocycles. The van der Waals surface area contributed by atoms with Crippen LogP contribution in [0.25, 0.3) is 10.9 Å². The number of rotatable bonds is 6. The molecule has 0 fully saturated rings. The Morgan fingerprint density at radius 2 is 1.81 bits per heavy atom. The average Bonchev–Trinajstić information content (AvgIpc) is 2.92. The van der Waals surface area contributed by atoms with Crippen molar-refractivity contribution in [2.45, 2.75) is 39.7 Å². The number of para-hydroxylation sites is 1. The van der Waals surface area contributed by atoms with Crippen molar-refractivity contribution in [1.82, 2.24) is 4.57 Å². The average molecular weight is 349 g/mol. The first-order valence-electron chi connectivity index (χ1n) is 8.95. The molecule has 0 radical (unpaired) electrons. The van der Waals surface area contributed by atoms with E-state index in [-0.39, 0.29) is 5.88 Å². The number of carbonyl (C=O) groups excluding carboxylic acids is 1. The first kappa shape index (κ1) is 17.9. The van der Waals surface area contributed by atoms with Gasteiger partial charge < -0.3 is 9.67 Å². The van der Waals surface area contributed by atoms with Crippen molar-refractivity contribution >= 4 is 22.5 Å². The molecule has 1 amide bonds. The zero-order valence-corrected chi connectivity index (χ0v) is 15.1. The fourth-order valence-corrected chi connectivity index (χ4v) is 3.08. The molecule has 5 nitrogen and oxygen atoms in total. The molecule has 3 rings (SSSR count). The smallest absolute Gasteiger partial charge is 0.295 e. The van der Waals surface area contributed by atoms with Crippen LogP contribution in [0, 0.1) is 6.92 Å². The molecule has 3 aromatic rings. The summed E-state index contributed by atoms with van der Waals surface area (Å²) in [5.41, 5.74) is 2.61. The van der Waals surface area contributed by atoms with Gasteiger partial charge in [0.15, 0.2) is 5.69 Å². The Balaban J connectivity index is 1.96. The lowest BCUT2D eigenvalue weighted by molar-refractivity contribution is 0.0994. The van der Waals surface area contributed by atoms with Gasteiger partial charge in [0.25, 0.3) is 5.91 Å². The van der Waals surface area contributed by atoms with Gasteiger partial charge in [-0.2, -0.15) is 0 Å². The Kier molecular flexibility index (Phi) is 5.46. The van der Waals surface area contributed by atoms with E-state index in [0.717, 1.165) is 35.7 Å². The molecule has 0 spiro atoms. The fourth-order valence-electron chi connectivity index (χ4n) is 3.08. The van der Waals surface area contributed by atoms with E-state index in [9.17, 15) is 9.90 Å². The van der Waals surface area contributed by atoms with E-state index in [1.54, 1.807) is 12.1 Å². The Labute approximate surface area is 153 Å². The second-order valence-electron chi connectivity index (χ2n) is 6.37. The zero-order valence-electron chi connectivity index (χ0n) is 15.1. The van der Waals surface area contributed by atoms with Crippen LogP contribution in [0.3, 0.4) is 0 Å². The van der Waals surface area contributed by atoms with Crippen LogP contribution in [0.1, 0.15) is 42.1 Å². The third-order valence-electron chi connectivity index (χ3n) is 4.52. The van der Waals surface area contributed by atoms with Crippen molar-refractivity contribution in [3.05, 3.63) is 59.7 Å². The monoisotopic (exact) mass is 349 g/mol. The molecular weight excluding hydrogens is 326 g/mol. The van der Waals surface area contributed by atoms with Gasteiger partial charge >= 0.3 is 0 Å². The quantitative estimate of drug-likeness (QED) is 0.453. The van der Waals surface area contributed by atoms with Gasteiger partial charge in [0.05, 0.1) is 5.52 Å². The highest BCUT2D eigenvalue weighted by Gasteiger charge is 2.16. The van der Waals surface area contributed by atoms with Gasteiger partial charge in [0.2, 0.25) is 5.88 Å². The largest absolute Gasteiger partial charge is 0.493 e. The lowest BCUT2D eigenvalue weighted by atomic mass is 10.1. The summed E-state index contributed by atoms with van der Waals surface area (Å²) in [6, 6.07) is 14.9. The number of fused-ring (bicyclic) bond motifs is 1. The maximum Gasteiger partial charge on any atom is 0.295 e. The van der Waals surface area contributed by atoms with Gasteiger partial charge in [-0.05, 0) is 31.0 Å². The molecule has 0 atom stereocenters. The minimum absolute atomic E-state index is 0.0589. The van der Waals surface area contributed by atoms with E-state index in [1.165, 1.54) is 0 Å². The van der Waals surface area contributed by atoms with E-state index >= 15 is 0 Å². The number of azo groups is 1. The van der Waals surface area contributed by atoms with E-state index in [0.29, 0.717) is 17.8 Å². The highest BCUT2D eigenvalue weighted by molar-refractivity contribution is 5.98. The number of amides is 1. The van der Waals surface area contributed by atoms with Crippen LogP contribution in [0.15, 0.2) is 58.8 Å². The standard InChI is InChI=1S/C21H23N3O2/c1-3-4-9-14-24-18-13-8-7-12-17(18)19(21(24)26)22-23-20(25)16-11-6-5-10-15(16)2/h5-8,10-13,26H,3-4,9,14H2,1-2H3. The van der Waals surface area contributed by atoms with Crippen molar-refractivity contribution in [2.24, 2.45) is 10.2 Å². The molecule has 1 N–H and O–H groups in total. The van der Waals surface area contributed by atoms with E-state index in [2.05, 4.69) is 17.2 Å². The Hall–Kier alpha value is -2.95. The Bertz CT molecular complexity index is 957. The SMILES string of the molecule is CCCCCn1c(O)c(N=NC(=O)c2ccccc2C)c2ccccc21. The number of aromatic nitrogens is 1. The number of hydrogen-bond acceptors (Lipinski definition) is 3. The summed E-state index contributed by atoms with van der Waals surface area (Å²) in [4.78, 5) is 12.4. The third kappa shape index (κ3) is 3.52. The molecule has 0 aliphatic heterocycles. The van der Waals surface area contributed by atoms with Crippen molar-refractivity contribution in [2.75, 3.05) is 0 Å². The zero-order chi connectivity index (χ0) is 18.5. The summed E-state index contributed by atoms with van der Waals surface area (Å²) in [5.74, 6) is -0.353. The number of unbranched alkanes of at least 4 members (excludes halogenated alkanes) is 2. The lowest BCUT2D eigenvalue weighted by Gasteiger charge is -2.05. The van der Waals surface area contributed by atoms with Crippen LogP contribution in [0.4, 0.5) is 5.69 Å². The summed E-state index contributed by atoms with van der Waals surface area (Å²) >= 11 is 0. The van der Waals surface area contributed by atoms with Gasteiger partial charge in [0, 0.05) is 17.5 Å². The van der Waals surface area contributed by atoms with Crippen LogP contribution >= 0.6 is 0 Å². The predicted molar refractivity (Wildman–Crippen MR) is 103 cm³/mol. The number of hydrogen-bond donors (Lipinski definition) is 1. The van der Waals surface area contributed by atoms with E-state index in [1.807, 2.05) is 47.9 Å². The molecule has 1 heterocycles. The summed E-state index contributed by atoms with van der Waals surface area (Å²) in [6.45, 7) is 4.71. The van der Waals surface area contributed by atoms with E-state index in [4.69, 9.17) is 0 Å². The normalized spacial score (nSPS) is 11.5. The van der Waals surface area contributed by atoms with Gasteiger partial charge in [-0.25, -0.2) is 0 Å². The van der Waals surface area contributed by atoms with Crippen LogP contribution in [-0.2, 0) is 6.54 Å². The molecule has 0 saturated carbocycles. The summed E-state index contributed by atoms with van der Waals surface area (Å²) in [5, 5.41) is 19.4. The number of aromatic hydroxyl groups is 1. The number of carbonyl (C=O) groups is 1. The summed E-state index contributed by atoms with van der Waals surface area (Å²) < 4.78 is 1.84. The van der Waals surface area contributed by atoms with Crippen LogP contribution in [0.5, 0.6) is 5.88 Å². The lowest BCUT2D eigenvalue weighted by Crippen LogP contribution is -1.97. The fraction of sp³-hybridized carbons (Fsp3) is 0.286. The Morgan fingerprint density at radius 3 is 2.58 bits per heavy atom. The van der Waals surface area contributed by atoms with Crippen molar-refractivity contribution in [3.8, 4) is 5.88 Å². The van der Waals surface area contributed by atoms with Crippen LogP contribution in [0.2, 0.25) is 0 Å². The maximum absolute atomic E-state index is 12.4. The van der Waals surface area contributed by atoms with Crippen LogP contribution < -0.4 is 0 Å². The number of nitrogens with zero attached hydrogens (tertiary/aromatic N) is 3. The molecule has 0 bridgehead atoms. The molecule has 5 heteroatoms. The highest BCUT2D eigenvalue weighted by Crippen LogP contribution is 2.39. The molecule has 2 aromatic carbocycles. The molecular formula is C21H23N3O2. The minimum Gasteiger partial charge on any atom is -0.493 e. The molecule has 1 aromatic heterocycles. The van der Waals surface area contributed by atoms with Gasteiger partial charge in [-0.1, -0.05) is 56.2 Å². The van der Waals surface area contributed by atoms with Crippen LogP contribution in [-0.4, -0.2) is 15.6 Å². The van der Waals surface area contributed by atoms with Gasteiger partial charge in [0.1, 0.15) is 0 Å². The first-order chi connectivity index (χ1) is 12.6. The van der Waals surface area contributed by atoms with Crippen molar-refractivity contribution in [3.63, 3.8) is 0 Å². The molecule has 0 unspecified atom stereocenters. The maximum atomic E-state index is 12.4. The second-order valence-corrected chi connectivity index (χ2v) is 6.37. The van der Waals surface area contributed by atoms with Crippen molar-refractivity contribution in [1.29, 1.82) is 0 Å². The Morgan fingerprint density at radius 1 is 1.08 bits per heavy atom. The van der Waals surface area contributed by atoms with E-state index < -0.39 is 5.91 Å². The van der Waals surface area contributed by atoms with Crippen molar-refractivity contribution < 1.29 is 9.90 Å². The third-order valence-corrected chi connectivity index (χ3v) is 4.52. The number of aryl methyl sites for hydroxylation is 2. The topological polar surface area (TPSA) is 66.9 Å².